The van der Waals surface area contributed by atoms with Crippen molar-refractivity contribution < 1.29 is 5.21 Å². The van der Waals surface area contributed by atoms with Crippen molar-refractivity contribution in [3.63, 3.8) is 0 Å². The van der Waals surface area contributed by atoms with Gasteiger partial charge in [-0.1, -0.05) is 19.0 Å². The zero-order valence-corrected chi connectivity index (χ0v) is 10.0. The van der Waals surface area contributed by atoms with E-state index in [-0.39, 0.29) is 5.41 Å². The molecule has 0 aliphatic carbocycles. The average Bonchev–Trinajstić information content (AvgIpc) is 2.66. The molecule has 0 aliphatic rings. The van der Waals surface area contributed by atoms with Crippen LogP contribution in [0, 0.1) is 5.41 Å². The SMILES string of the molecule is CSCC(C)(C)/C(Cn1cncn1)=N\O. The second-order valence-corrected chi connectivity index (χ2v) is 4.82. The van der Waals surface area contributed by atoms with Gasteiger partial charge in [-0.3, -0.25) is 0 Å². The molecular weight excluding hydrogens is 212 g/mol. The minimum absolute atomic E-state index is 0.139. The lowest BCUT2D eigenvalue weighted by Gasteiger charge is -2.24. The van der Waals surface area contributed by atoms with Gasteiger partial charge in [-0.25, -0.2) is 9.67 Å². The number of aromatic nitrogens is 3. The van der Waals surface area contributed by atoms with Crippen LogP contribution in [0.4, 0.5) is 0 Å². The Morgan fingerprint density at radius 1 is 1.60 bits per heavy atom. The van der Waals surface area contributed by atoms with Crippen molar-refractivity contribution in [1.29, 1.82) is 0 Å². The van der Waals surface area contributed by atoms with E-state index < -0.39 is 0 Å². The number of nitrogens with zero attached hydrogens (tertiary/aromatic N) is 4. The summed E-state index contributed by atoms with van der Waals surface area (Å²) < 4.78 is 1.65. The molecule has 0 bridgehead atoms. The lowest BCUT2D eigenvalue weighted by Crippen LogP contribution is -2.31. The summed E-state index contributed by atoms with van der Waals surface area (Å²) in [5, 5.41) is 16.4. The van der Waals surface area contributed by atoms with Crippen molar-refractivity contribution in [2.45, 2.75) is 20.4 Å². The Hall–Kier alpha value is -1.04. The molecule has 0 aliphatic heterocycles. The second-order valence-electron chi connectivity index (χ2n) is 3.96. The normalized spacial score (nSPS) is 13.1. The van der Waals surface area contributed by atoms with E-state index in [1.807, 2.05) is 6.26 Å². The lowest BCUT2D eigenvalue weighted by molar-refractivity contribution is 0.307. The monoisotopic (exact) mass is 228 g/mol. The van der Waals surface area contributed by atoms with Crippen LogP contribution in [0.15, 0.2) is 17.8 Å². The van der Waals surface area contributed by atoms with Crippen LogP contribution in [0.3, 0.4) is 0 Å². The Labute approximate surface area is 93.6 Å². The topological polar surface area (TPSA) is 63.3 Å². The fraction of sp³-hybridized carbons (Fsp3) is 0.667. The van der Waals surface area contributed by atoms with Crippen molar-refractivity contribution in [2.24, 2.45) is 10.6 Å². The molecular formula is C9H16N4OS. The van der Waals surface area contributed by atoms with E-state index in [2.05, 4.69) is 29.1 Å². The predicted molar refractivity (Wildman–Crippen MR) is 61.4 cm³/mol. The molecule has 0 aromatic carbocycles. The van der Waals surface area contributed by atoms with E-state index in [1.54, 1.807) is 22.8 Å². The number of thioether (sulfide) groups is 1. The minimum atomic E-state index is -0.139. The van der Waals surface area contributed by atoms with E-state index in [4.69, 9.17) is 5.21 Å². The van der Waals surface area contributed by atoms with Crippen LogP contribution >= 0.6 is 11.8 Å². The minimum Gasteiger partial charge on any atom is -0.411 e. The van der Waals surface area contributed by atoms with Gasteiger partial charge in [-0.15, -0.1) is 0 Å². The van der Waals surface area contributed by atoms with Crippen LogP contribution in [0.1, 0.15) is 13.8 Å². The van der Waals surface area contributed by atoms with E-state index >= 15 is 0 Å². The Morgan fingerprint density at radius 2 is 2.33 bits per heavy atom. The Kier molecular flexibility index (Phi) is 4.14. The summed E-state index contributed by atoms with van der Waals surface area (Å²) in [6.45, 7) is 4.58. The van der Waals surface area contributed by atoms with Gasteiger partial charge in [0, 0.05) is 11.2 Å². The smallest absolute Gasteiger partial charge is 0.137 e. The number of oxime groups is 1. The molecule has 15 heavy (non-hydrogen) atoms. The zero-order chi connectivity index (χ0) is 11.3. The van der Waals surface area contributed by atoms with Gasteiger partial charge < -0.3 is 5.21 Å². The van der Waals surface area contributed by atoms with Gasteiger partial charge in [0.05, 0.1) is 12.3 Å². The third-order valence-corrected chi connectivity index (χ3v) is 3.20. The van der Waals surface area contributed by atoms with Gasteiger partial charge in [0.25, 0.3) is 0 Å². The number of rotatable bonds is 5. The summed E-state index contributed by atoms with van der Waals surface area (Å²) in [6.07, 6.45) is 5.11. The molecule has 0 saturated heterocycles. The van der Waals surface area contributed by atoms with Crippen molar-refractivity contribution >= 4 is 17.5 Å². The van der Waals surface area contributed by atoms with Gasteiger partial charge in [0.1, 0.15) is 12.7 Å². The van der Waals surface area contributed by atoms with Crippen LogP contribution in [0.25, 0.3) is 0 Å². The van der Waals surface area contributed by atoms with Crippen LogP contribution in [0.5, 0.6) is 0 Å². The van der Waals surface area contributed by atoms with E-state index in [1.165, 1.54) is 6.33 Å². The van der Waals surface area contributed by atoms with Gasteiger partial charge in [0.15, 0.2) is 0 Å². The highest BCUT2D eigenvalue weighted by Crippen LogP contribution is 2.23. The average molecular weight is 228 g/mol. The van der Waals surface area contributed by atoms with E-state index in [9.17, 15) is 0 Å². The molecule has 1 aromatic rings. The highest BCUT2D eigenvalue weighted by Gasteiger charge is 2.25. The maximum Gasteiger partial charge on any atom is 0.137 e. The molecule has 1 rings (SSSR count). The molecule has 0 saturated carbocycles. The van der Waals surface area contributed by atoms with Gasteiger partial charge in [-0.2, -0.15) is 16.9 Å². The maximum atomic E-state index is 9.00. The summed E-state index contributed by atoms with van der Waals surface area (Å²) >= 11 is 1.73. The zero-order valence-electron chi connectivity index (χ0n) is 9.21. The lowest BCUT2D eigenvalue weighted by atomic mass is 9.89. The molecule has 0 radical (unpaired) electrons. The van der Waals surface area contributed by atoms with Crippen molar-refractivity contribution in [2.75, 3.05) is 12.0 Å². The molecule has 1 heterocycles. The largest absolute Gasteiger partial charge is 0.411 e. The first kappa shape index (κ1) is 12.0. The molecule has 6 heteroatoms. The summed E-state index contributed by atoms with van der Waals surface area (Å²) in [5.74, 6) is 0.904. The predicted octanol–water partition coefficient (Wildman–Crippen LogP) is 1.50. The fourth-order valence-corrected chi connectivity index (χ4v) is 2.18. The van der Waals surface area contributed by atoms with E-state index in [0.29, 0.717) is 12.3 Å². The van der Waals surface area contributed by atoms with Gasteiger partial charge in [0.2, 0.25) is 0 Å². The molecule has 0 amide bonds. The highest BCUT2D eigenvalue weighted by molar-refractivity contribution is 7.98. The third kappa shape index (κ3) is 3.23. The van der Waals surface area contributed by atoms with E-state index in [0.717, 1.165) is 5.75 Å². The van der Waals surface area contributed by atoms with Gasteiger partial charge in [-0.05, 0) is 6.26 Å². The number of hydrogen-bond acceptors (Lipinski definition) is 5. The quantitative estimate of drug-likeness (QED) is 0.471. The Balaban J connectivity index is 2.72. The van der Waals surface area contributed by atoms with Crippen LogP contribution in [0.2, 0.25) is 0 Å². The number of hydrogen-bond donors (Lipinski definition) is 1. The molecule has 0 unspecified atom stereocenters. The molecule has 84 valence electrons. The van der Waals surface area contributed by atoms with Crippen molar-refractivity contribution in [1.82, 2.24) is 14.8 Å². The highest BCUT2D eigenvalue weighted by atomic mass is 32.2. The first-order chi connectivity index (χ1) is 7.10. The van der Waals surface area contributed by atoms with Crippen LogP contribution in [-0.4, -0.2) is 37.7 Å². The Bertz CT molecular complexity index is 321. The fourth-order valence-electron chi connectivity index (χ4n) is 1.29. The maximum absolute atomic E-state index is 9.00. The van der Waals surface area contributed by atoms with Gasteiger partial charge >= 0.3 is 0 Å². The summed E-state index contributed by atoms with van der Waals surface area (Å²) in [6, 6.07) is 0. The van der Waals surface area contributed by atoms with Crippen molar-refractivity contribution in [3.05, 3.63) is 12.7 Å². The summed E-state index contributed by atoms with van der Waals surface area (Å²) in [7, 11) is 0. The van der Waals surface area contributed by atoms with Crippen molar-refractivity contribution in [3.8, 4) is 0 Å². The molecule has 0 spiro atoms. The Morgan fingerprint density at radius 3 is 2.80 bits per heavy atom. The molecule has 1 N–H and O–H groups in total. The summed E-state index contributed by atoms with van der Waals surface area (Å²) in [4.78, 5) is 3.85. The standard InChI is InChI=1S/C9H16N4OS/c1-9(2,5-15-3)8(12-14)4-13-7-10-6-11-13/h6-7,14H,4-5H2,1-3H3/b12-8-. The first-order valence-electron chi connectivity index (χ1n) is 4.63. The van der Waals surface area contributed by atoms with Crippen LogP contribution < -0.4 is 0 Å². The first-order valence-corrected chi connectivity index (χ1v) is 6.02. The molecule has 0 atom stereocenters. The second kappa shape index (κ2) is 5.16. The summed E-state index contributed by atoms with van der Waals surface area (Å²) in [5.41, 5.74) is 0.572. The van der Waals surface area contributed by atoms with Crippen LogP contribution in [-0.2, 0) is 6.54 Å². The molecule has 0 fully saturated rings. The molecule has 1 aromatic heterocycles. The third-order valence-electron chi connectivity index (χ3n) is 2.19. The molecule has 5 nitrogen and oxygen atoms in total.